The molecule has 0 aliphatic rings. The van der Waals surface area contributed by atoms with Gasteiger partial charge in [-0.2, -0.15) is 4.98 Å². The van der Waals surface area contributed by atoms with Gasteiger partial charge in [-0.3, -0.25) is 0 Å². The van der Waals surface area contributed by atoms with Gasteiger partial charge in [-0.1, -0.05) is 30.7 Å². The molecule has 0 saturated heterocycles. The van der Waals surface area contributed by atoms with Crippen LogP contribution in [0.2, 0.25) is 5.02 Å². The van der Waals surface area contributed by atoms with Crippen molar-refractivity contribution < 1.29 is 4.74 Å². The van der Waals surface area contributed by atoms with Gasteiger partial charge in [0.1, 0.15) is 12.0 Å². The fourth-order valence-corrected chi connectivity index (χ4v) is 2.05. The van der Waals surface area contributed by atoms with E-state index in [-0.39, 0.29) is 0 Å². The van der Waals surface area contributed by atoms with Crippen molar-refractivity contribution in [3.63, 3.8) is 0 Å². The Balaban J connectivity index is 2.14. The Labute approximate surface area is 129 Å². The minimum Gasteiger partial charge on any atom is -0.476 e. The second-order valence-electron chi connectivity index (χ2n) is 4.75. The van der Waals surface area contributed by atoms with Crippen molar-refractivity contribution in [3.05, 3.63) is 41.2 Å². The molecule has 6 heteroatoms. The Hall–Kier alpha value is -2.01. The van der Waals surface area contributed by atoms with Crippen molar-refractivity contribution in [2.45, 2.75) is 19.9 Å². The maximum Gasteiger partial charge on any atom is 0.242 e. The highest BCUT2D eigenvalue weighted by molar-refractivity contribution is 6.30. The van der Waals surface area contributed by atoms with Crippen LogP contribution in [0.15, 0.2) is 30.6 Å². The number of anilines is 2. The van der Waals surface area contributed by atoms with Gasteiger partial charge >= 0.3 is 0 Å². The molecule has 0 fully saturated rings. The molecule has 112 valence electrons. The van der Waals surface area contributed by atoms with Crippen LogP contribution in [-0.2, 0) is 6.54 Å². The zero-order valence-corrected chi connectivity index (χ0v) is 13.0. The van der Waals surface area contributed by atoms with Gasteiger partial charge in [-0.15, -0.1) is 0 Å². The fraction of sp³-hybridized carbons (Fsp3) is 0.333. The summed E-state index contributed by atoms with van der Waals surface area (Å²) in [4.78, 5) is 10.3. The van der Waals surface area contributed by atoms with Crippen molar-refractivity contribution in [2.75, 3.05) is 24.3 Å². The van der Waals surface area contributed by atoms with Crippen molar-refractivity contribution in [3.8, 4) is 5.88 Å². The van der Waals surface area contributed by atoms with Crippen LogP contribution in [0.25, 0.3) is 0 Å². The van der Waals surface area contributed by atoms with E-state index in [4.69, 9.17) is 22.1 Å². The standard InChI is InChI=1S/C15H19ClN4O/c1-3-8-21-15-13(17)14(18-10-19-15)20(2)9-11-4-6-12(16)7-5-11/h4-7,10H,3,8-9,17H2,1-2H3. The molecular weight excluding hydrogens is 288 g/mol. The van der Waals surface area contributed by atoms with Gasteiger partial charge in [-0.05, 0) is 24.1 Å². The first-order chi connectivity index (χ1) is 10.1. The number of nitrogen functional groups attached to an aromatic ring is 1. The van der Waals surface area contributed by atoms with Crippen LogP contribution in [0.3, 0.4) is 0 Å². The summed E-state index contributed by atoms with van der Waals surface area (Å²) >= 11 is 5.89. The zero-order chi connectivity index (χ0) is 15.2. The highest BCUT2D eigenvalue weighted by atomic mass is 35.5. The number of ether oxygens (including phenoxy) is 1. The lowest BCUT2D eigenvalue weighted by Gasteiger charge is -2.20. The van der Waals surface area contributed by atoms with Crippen LogP contribution in [0.4, 0.5) is 11.5 Å². The van der Waals surface area contributed by atoms with Gasteiger partial charge < -0.3 is 15.4 Å². The number of halogens is 1. The molecule has 0 unspecified atom stereocenters. The van der Waals surface area contributed by atoms with Gasteiger partial charge in [0.05, 0.1) is 6.61 Å². The number of hydrogen-bond acceptors (Lipinski definition) is 5. The van der Waals surface area contributed by atoms with Gasteiger partial charge in [0.15, 0.2) is 5.82 Å². The molecule has 0 bridgehead atoms. The highest BCUT2D eigenvalue weighted by Crippen LogP contribution is 2.28. The van der Waals surface area contributed by atoms with Crippen LogP contribution < -0.4 is 15.4 Å². The van der Waals surface area contributed by atoms with E-state index in [2.05, 4.69) is 9.97 Å². The quantitative estimate of drug-likeness (QED) is 0.888. The molecular formula is C15H19ClN4O. The van der Waals surface area contributed by atoms with Gasteiger partial charge in [0.2, 0.25) is 5.88 Å². The minimum absolute atomic E-state index is 0.435. The Morgan fingerprint density at radius 1 is 1.24 bits per heavy atom. The number of nitrogens with two attached hydrogens (primary N) is 1. The van der Waals surface area contributed by atoms with Crippen molar-refractivity contribution in [1.82, 2.24) is 9.97 Å². The lowest BCUT2D eigenvalue weighted by Crippen LogP contribution is -2.20. The molecule has 2 rings (SSSR count). The Kier molecular flexibility index (Phi) is 5.22. The molecule has 0 atom stereocenters. The second kappa shape index (κ2) is 7.13. The average Bonchev–Trinajstić information content (AvgIpc) is 2.48. The van der Waals surface area contributed by atoms with Crippen molar-refractivity contribution in [2.24, 2.45) is 0 Å². The maximum atomic E-state index is 6.09. The molecule has 0 spiro atoms. The Morgan fingerprint density at radius 3 is 2.62 bits per heavy atom. The van der Waals surface area contributed by atoms with Crippen LogP contribution in [0, 0.1) is 0 Å². The molecule has 0 aliphatic heterocycles. The molecule has 0 saturated carbocycles. The van der Waals surface area contributed by atoms with Crippen molar-refractivity contribution in [1.29, 1.82) is 0 Å². The van der Waals surface area contributed by atoms with E-state index in [1.54, 1.807) is 0 Å². The van der Waals surface area contributed by atoms with E-state index in [0.29, 0.717) is 30.5 Å². The monoisotopic (exact) mass is 306 g/mol. The zero-order valence-electron chi connectivity index (χ0n) is 12.2. The summed E-state index contributed by atoms with van der Waals surface area (Å²) in [6.07, 6.45) is 2.37. The normalized spacial score (nSPS) is 10.4. The lowest BCUT2D eigenvalue weighted by molar-refractivity contribution is 0.306. The van der Waals surface area contributed by atoms with Gasteiger partial charge in [0, 0.05) is 18.6 Å². The molecule has 21 heavy (non-hydrogen) atoms. The third-order valence-corrected chi connectivity index (χ3v) is 3.22. The first kappa shape index (κ1) is 15.4. The first-order valence-electron chi connectivity index (χ1n) is 6.80. The van der Waals surface area contributed by atoms with E-state index >= 15 is 0 Å². The van der Waals surface area contributed by atoms with Gasteiger partial charge in [-0.25, -0.2) is 4.98 Å². The SMILES string of the molecule is CCCOc1ncnc(N(C)Cc2ccc(Cl)cc2)c1N. The number of hydrogen-bond donors (Lipinski definition) is 1. The fourth-order valence-electron chi connectivity index (χ4n) is 1.93. The Bertz CT molecular complexity index is 589. The van der Waals surface area contributed by atoms with Crippen LogP contribution >= 0.6 is 11.6 Å². The molecule has 0 amide bonds. The van der Waals surface area contributed by atoms with E-state index in [9.17, 15) is 0 Å². The number of aromatic nitrogens is 2. The number of nitrogens with zero attached hydrogens (tertiary/aromatic N) is 3. The number of rotatable bonds is 6. The van der Waals surface area contributed by atoms with Crippen LogP contribution in [0.5, 0.6) is 5.88 Å². The second-order valence-corrected chi connectivity index (χ2v) is 5.18. The van der Waals surface area contributed by atoms with Crippen molar-refractivity contribution >= 4 is 23.1 Å². The van der Waals surface area contributed by atoms with Gasteiger partial charge in [0.25, 0.3) is 0 Å². The summed E-state index contributed by atoms with van der Waals surface area (Å²) in [6.45, 7) is 3.29. The first-order valence-corrected chi connectivity index (χ1v) is 7.18. The topological polar surface area (TPSA) is 64.3 Å². The summed E-state index contributed by atoms with van der Waals surface area (Å²) in [5.74, 6) is 1.09. The molecule has 5 nitrogen and oxygen atoms in total. The lowest BCUT2D eigenvalue weighted by atomic mass is 10.2. The molecule has 0 aliphatic carbocycles. The van der Waals surface area contributed by atoms with E-state index in [1.807, 2.05) is 43.1 Å². The molecule has 1 heterocycles. The average molecular weight is 307 g/mol. The highest BCUT2D eigenvalue weighted by Gasteiger charge is 2.13. The Morgan fingerprint density at radius 2 is 1.95 bits per heavy atom. The summed E-state index contributed by atoms with van der Waals surface area (Å²) in [5, 5.41) is 0.721. The molecule has 1 aromatic heterocycles. The van der Waals surface area contributed by atoms with Crippen LogP contribution in [0.1, 0.15) is 18.9 Å². The summed E-state index contributed by atoms with van der Waals surface area (Å²) in [6, 6.07) is 7.68. The number of benzene rings is 1. The van der Waals surface area contributed by atoms with E-state index < -0.39 is 0 Å². The largest absolute Gasteiger partial charge is 0.476 e. The molecule has 0 radical (unpaired) electrons. The predicted molar refractivity (Wildman–Crippen MR) is 85.8 cm³/mol. The molecule has 2 N–H and O–H groups in total. The third kappa shape index (κ3) is 3.98. The maximum absolute atomic E-state index is 6.09. The van der Waals surface area contributed by atoms with E-state index in [0.717, 1.165) is 17.0 Å². The van der Waals surface area contributed by atoms with E-state index in [1.165, 1.54) is 6.33 Å². The third-order valence-electron chi connectivity index (χ3n) is 2.96. The molecule has 1 aromatic carbocycles. The molecule has 2 aromatic rings. The smallest absolute Gasteiger partial charge is 0.242 e. The predicted octanol–water partition coefficient (Wildman–Crippen LogP) is 3.14. The summed E-state index contributed by atoms with van der Waals surface area (Å²) in [5.41, 5.74) is 7.67. The minimum atomic E-state index is 0.435. The summed E-state index contributed by atoms with van der Waals surface area (Å²) < 4.78 is 5.52. The summed E-state index contributed by atoms with van der Waals surface area (Å²) in [7, 11) is 1.93. The van der Waals surface area contributed by atoms with Crippen LogP contribution in [-0.4, -0.2) is 23.6 Å².